The van der Waals surface area contributed by atoms with Gasteiger partial charge in [-0.15, -0.1) is 0 Å². The fourth-order valence-corrected chi connectivity index (χ4v) is 0.469. The Morgan fingerprint density at radius 1 is 1.75 bits per heavy atom. The zero-order chi connectivity index (χ0) is 9.56. The Labute approximate surface area is 71.9 Å². The number of carbonyl (C=O) groups excluding carboxylic acids is 1. The molecule has 0 fully saturated rings. The highest BCUT2D eigenvalue weighted by Crippen LogP contribution is 1.85. The number of nitrogens with one attached hydrogen (secondary N) is 1. The average molecular weight is 167 g/mol. The van der Waals surface area contributed by atoms with E-state index in [-0.39, 0.29) is 11.7 Å². The Balaban J connectivity index is 3.89. The molecule has 0 unspecified atom stereocenters. The van der Waals surface area contributed by atoms with Crippen molar-refractivity contribution in [2.24, 2.45) is 10.7 Å². The smallest absolute Gasteiger partial charge is 0.247 e. The molecule has 0 bridgehead atoms. The average Bonchev–Trinajstić information content (AvgIpc) is 2.00. The van der Waals surface area contributed by atoms with Crippen molar-refractivity contribution in [2.45, 2.75) is 6.92 Å². The maximum Gasteiger partial charge on any atom is 0.247 e. The van der Waals surface area contributed by atoms with Crippen LogP contribution >= 0.6 is 0 Å². The summed E-state index contributed by atoms with van der Waals surface area (Å²) in [5.41, 5.74) is 6.11. The van der Waals surface area contributed by atoms with E-state index in [1.807, 2.05) is 6.92 Å². The maximum atomic E-state index is 10.9. The quantitative estimate of drug-likeness (QED) is 0.356. The van der Waals surface area contributed by atoms with Gasteiger partial charge in [0.2, 0.25) is 5.91 Å². The summed E-state index contributed by atoms with van der Waals surface area (Å²) in [6, 6.07) is 0. The number of rotatable bonds is 4. The van der Waals surface area contributed by atoms with Crippen LogP contribution in [0.4, 0.5) is 0 Å². The number of nitrogens with two attached hydrogens (primary N) is 1. The third-order valence-electron chi connectivity index (χ3n) is 1.03. The summed E-state index contributed by atoms with van der Waals surface area (Å²) in [6.45, 7) is 9.05. The van der Waals surface area contributed by atoms with Gasteiger partial charge in [0.1, 0.15) is 5.82 Å². The molecule has 3 N–H and O–H groups in total. The molecular weight excluding hydrogens is 154 g/mol. The van der Waals surface area contributed by atoms with Crippen molar-refractivity contribution in [3.8, 4) is 0 Å². The number of nitrogens with zero attached hydrogens (tertiary/aromatic N) is 1. The van der Waals surface area contributed by atoms with E-state index in [9.17, 15) is 4.79 Å². The second-order valence-electron chi connectivity index (χ2n) is 2.40. The molecule has 0 saturated carbocycles. The van der Waals surface area contributed by atoms with Gasteiger partial charge in [0, 0.05) is 12.6 Å². The largest absolute Gasteiger partial charge is 0.384 e. The summed E-state index contributed by atoms with van der Waals surface area (Å²) in [6.07, 6.45) is 1.18. The normalized spacial score (nSPS) is 10.6. The molecule has 0 rings (SSSR count). The van der Waals surface area contributed by atoms with E-state index < -0.39 is 0 Å². The van der Waals surface area contributed by atoms with Crippen LogP contribution in [0.15, 0.2) is 29.0 Å². The van der Waals surface area contributed by atoms with Gasteiger partial charge in [0.25, 0.3) is 0 Å². The minimum Gasteiger partial charge on any atom is -0.384 e. The summed E-state index contributed by atoms with van der Waals surface area (Å²) in [5.74, 6) is -0.183. The van der Waals surface area contributed by atoms with Gasteiger partial charge >= 0.3 is 0 Å². The van der Waals surface area contributed by atoms with Crippen molar-refractivity contribution in [2.75, 3.05) is 6.54 Å². The lowest BCUT2D eigenvalue weighted by molar-refractivity contribution is -0.116. The van der Waals surface area contributed by atoms with Crippen molar-refractivity contribution >= 4 is 12.6 Å². The lowest BCUT2D eigenvalue weighted by Gasteiger charge is -1.99. The second-order valence-corrected chi connectivity index (χ2v) is 2.40. The molecule has 0 atom stereocenters. The highest BCUT2D eigenvalue weighted by Gasteiger charge is 1.95. The Hall–Kier alpha value is -1.58. The highest BCUT2D eigenvalue weighted by atomic mass is 16.1. The Kier molecular flexibility index (Phi) is 4.45. The summed E-state index contributed by atoms with van der Waals surface area (Å²) in [4.78, 5) is 14.3. The maximum absolute atomic E-state index is 10.9. The molecule has 0 aromatic carbocycles. The fraction of sp³-hybridized carbons (Fsp3) is 0.250. The predicted molar refractivity (Wildman–Crippen MR) is 49.6 cm³/mol. The van der Waals surface area contributed by atoms with Gasteiger partial charge < -0.3 is 11.1 Å². The molecule has 0 aliphatic heterocycles. The van der Waals surface area contributed by atoms with E-state index in [1.165, 1.54) is 6.08 Å². The molecule has 0 aromatic heterocycles. The van der Waals surface area contributed by atoms with Crippen LogP contribution in [0, 0.1) is 0 Å². The first-order valence-corrected chi connectivity index (χ1v) is 3.42. The number of carbonyl (C=O) groups is 1. The Morgan fingerprint density at radius 2 is 2.33 bits per heavy atom. The molecule has 0 aliphatic carbocycles. The van der Waals surface area contributed by atoms with Gasteiger partial charge in [0.15, 0.2) is 0 Å². The SMILES string of the molecule is C=N/C(N)=C/C(=O)NCC(=C)C. The topological polar surface area (TPSA) is 67.5 Å². The van der Waals surface area contributed by atoms with Crippen LogP contribution in [0.25, 0.3) is 0 Å². The van der Waals surface area contributed by atoms with Crippen LogP contribution < -0.4 is 11.1 Å². The van der Waals surface area contributed by atoms with Gasteiger partial charge in [-0.05, 0) is 13.6 Å². The Bertz CT molecular complexity index is 230. The van der Waals surface area contributed by atoms with Crippen molar-refractivity contribution in [3.05, 3.63) is 24.0 Å². The molecule has 0 heterocycles. The number of aliphatic imine (C=N–C) groups is 1. The van der Waals surface area contributed by atoms with Crippen LogP contribution in [-0.4, -0.2) is 19.2 Å². The first kappa shape index (κ1) is 10.4. The van der Waals surface area contributed by atoms with Gasteiger partial charge in [-0.1, -0.05) is 12.2 Å². The minimum absolute atomic E-state index is 0.106. The standard InChI is InChI=1S/C8H13N3O/c1-6(2)5-11-8(12)4-7(9)10-3/h4H,1,3,5,9H2,2H3,(H,11,12)/b7-4+. The lowest BCUT2D eigenvalue weighted by Crippen LogP contribution is -2.23. The molecule has 66 valence electrons. The lowest BCUT2D eigenvalue weighted by atomic mass is 10.3. The molecule has 0 aliphatic rings. The summed E-state index contributed by atoms with van der Waals surface area (Å²) in [5, 5.41) is 2.56. The van der Waals surface area contributed by atoms with Crippen molar-refractivity contribution in [1.82, 2.24) is 5.32 Å². The van der Waals surface area contributed by atoms with Crippen LogP contribution in [-0.2, 0) is 4.79 Å². The van der Waals surface area contributed by atoms with Crippen molar-refractivity contribution in [3.63, 3.8) is 0 Å². The highest BCUT2D eigenvalue weighted by molar-refractivity contribution is 5.88. The van der Waals surface area contributed by atoms with Crippen LogP contribution in [0.5, 0.6) is 0 Å². The van der Waals surface area contributed by atoms with Crippen LogP contribution in [0.3, 0.4) is 0 Å². The third-order valence-corrected chi connectivity index (χ3v) is 1.03. The van der Waals surface area contributed by atoms with Crippen LogP contribution in [0.1, 0.15) is 6.92 Å². The van der Waals surface area contributed by atoms with Crippen molar-refractivity contribution in [1.29, 1.82) is 0 Å². The second kappa shape index (κ2) is 5.12. The zero-order valence-corrected chi connectivity index (χ0v) is 7.13. The first-order chi connectivity index (χ1) is 5.56. The number of amides is 1. The van der Waals surface area contributed by atoms with Gasteiger partial charge in [-0.3, -0.25) is 4.79 Å². The van der Waals surface area contributed by atoms with Gasteiger partial charge in [-0.2, -0.15) is 0 Å². The first-order valence-electron chi connectivity index (χ1n) is 3.42. The fourth-order valence-electron chi connectivity index (χ4n) is 0.469. The van der Waals surface area contributed by atoms with E-state index in [1.54, 1.807) is 0 Å². The van der Waals surface area contributed by atoms with E-state index in [0.717, 1.165) is 5.57 Å². The molecule has 0 spiro atoms. The molecule has 0 saturated heterocycles. The van der Waals surface area contributed by atoms with Crippen molar-refractivity contribution < 1.29 is 4.79 Å². The van der Waals surface area contributed by atoms with Gasteiger partial charge in [0.05, 0.1) is 0 Å². The molecule has 0 radical (unpaired) electrons. The number of hydrogen-bond donors (Lipinski definition) is 2. The van der Waals surface area contributed by atoms with E-state index >= 15 is 0 Å². The predicted octanol–water partition coefficient (Wildman–Crippen LogP) is 0.179. The molecule has 1 amide bonds. The molecule has 4 heteroatoms. The number of hydrogen-bond acceptors (Lipinski definition) is 3. The van der Waals surface area contributed by atoms with E-state index in [0.29, 0.717) is 6.54 Å². The van der Waals surface area contributed by atoms with E-state index in [4.69, 9.17) is 5.73 Å². The third kappa shape index (κ3) is 5.22. The molecular formula is C8H13N3O. The summed E-state index contributed by atoms with van der Waals surface area (Å²) < 4.78 is 0. The Morgan fingerprint density at radius 3 is 2.75 bits per heavy atom. The van der Waals surface area contributed by atoms with Crippen LogP contribution in [0.2, 0.25) is 0 Å². The molecule has 12 heavy (non-hydrogen) atoms. The summed E-state index contributed by atoms with van der Waals surface area (Å²) >= 11 is 0. The summed E-state index contributed by atoms with van der Waals surface area (Å²) in [7, 11) is 0. The molecule has 0 aromatic rings. The molecule has 4 nitrogen and oxygen atoms in total. The van der Waals surface area contributed by atoms with E-state index in [2.05, 4.69) is 23.6 Å². The monoisotopic (exact) mass is 167 g/mol. The minimum atomic E-state index is -0.289. The van der Waals surface area contributed by atoms with Gasteiger partial charge in [-0.25, -0.2) is 4.99 Å². The zero-order valence-electron chi connectivity index (χ0n) is 7.13.